The highest BCUT2D eigenvalue weighted by Crippen LogP contribution is 2.17. The van der Waals surface area contributed by atoms with Crippen molar-refractivity contribution in [3.8, 4) is 5.69 Å². The van der Waals surface area contributed by atoms with Gasteiger partial charge in [-0.15, -0.1) is 0 Å². The van der Waals surface area contributed by atoms with E-state index in [1.807, 2.05) is 57.2 Å². The molecule has 4 heteroatoms. The first-order valence-corrected chi connectivity index (χ1v) is 7.21. The molecule has 0 radical (unpaired) electrons. The van der Waals surface area contributed by atoms with Crippen molar-refractivity contribution in [2.75, 3.05) is 0 Å². The second kappa shape index (κ2) is 4.97. The molecule has 0 amide bonds. The molecule has 1 aromatic heterocycles. The van der Waals surface area contributed by atoms with Crippen molar-refractivity contribution in [2.24, 2.45) is 0 Å². The Morgan fingerprint density at radius 2 is 1.67 bits per heavy atom. The lowest BCUT2D eigenvalue weighted by Gasteiger charge is -2.12. The average Bonchev–Trinajstić information content (AvgIpc) is 2.44. The third-order valence-electron chi connectivity index (χ3n) is 3.66. The number of aromatic nitrogens is 2. The van der Waals surface area contributed by atoms with Gasteiger partial charge in [-0.1, -0.05) is 23.8 Å². The van der Waals surface area contributed by atoms with Crippen LogP contribution in [0.15, 0.2) is 41.2 Å². The Bertz CT molecular complexity index is 967. The van der Waals surface area contributed by atoms with Gasteiger partial charge in [0.25, 0.3) is 5.56 Å². The van der Waals surface area contributed by atoms with E-state index < -0.39 is 0 Å². The number of H-pyrrole nitrogens is 1. The Morgan fingerprint density at radius 3 is 2.43 bits per heavy atom. The first-order valence-electron chi connectivity index (χ1n) is 6.81. The van der Waals surface area contributed by atoms with E-state index in [-0.39, 0.29) is 5.56 Å². The van der Waals surface area contributed by atoms with Crippen molar-refractivity contribution in [1.82, 2.24) is 9.55 Å². The van der Waals surface area contributed by atoms with Gasteiger partial charge in [0, 0.05) is 0 Å². The monoisotopic (exact) mass is 296 g/mol. The van der Waals surface area contributed by atoms with Gasteiger partial charge in [-0.2, -0.15) is 0 Å². The maximum absolute atomic E-state index is 12.8. The molecule has 3 rings (SSSR count). The number of rotatable bonds is 1. The second-order valence-corrected chi connectivity index (χ2v) is 5.80. The predicted molar refractivity (Wildman–Crippen MR) is 88.9 cm³/mol. The summed E-state index contributed by atoms with van der Waals surface area (Å²) in [5.41, 5.74) is 4.71. The van der Waals surface area contributed by atoms with Crippen LogP contribution < -0.4 is 5.56 Å². The minimum Gasteiger partial charge on any atom is -0.331 e. The fourth-order valence-electron chi connectivity index (χ4n) is 2.51. The van der Waals surface area contributed by atoms with Crippen molar-refractivity contribution in [3.05, 3.63) is 68.2 Å². The summed E-state index contributed by atoms with van der Waals surface area (Å²) in [7, 11) is 0. The number of aryl methyl sites for hydroxylation is 3. The van der Waals surface area contributed by atoms with Gasteiger partial charge in [-0.25, -0.2) is 0 Å². The highest BCUT2D eigenvalue weighted by molar-refractivity contribution is 7.71. The molecule has 0 aliphatic carbocycles. The van der Waals surface area contributed by atoms with E-state index >= 15 is 0 Å². The van der Waals surface area contributed by atoms with Crippen molar-refractivity contribution < 1.29 is 0 Å². The van der Waals surface area contributed by atoms with Crippen LogP contribution in [0.3, 0.4) is 0 Å². The molecule has 0 unspecified atom stereocenters. The van der Waals surface area contributed by atoms with Crippen LogP contribution in [0.1, 0.15) is 16.7 Å². The number of hydrogen-bond acceptors (Lipinski definition) is 2. The summed E-state index contributed by atoms with van der Waals surface area (Å²) in [5.74, 6) is 0. The lowest BCUT2D eigenvalue weighted by Crippen LogP contribution is -2.21. The van der Waals surface area contributed by atoms with Gasteiger partial charge in [0.2, 0.25) is 0 Å². The number of aromatic amines is 1. The molecule has 1 N–H and O–H groups in total. The number of nitrogens with one attached hydrogen (secondary N) is 1. The fourth-order valence-corrected chi connectivity index (χ4v) is 2.80. The molecule has 0 atom stereocenters. The highest BCUT2D eigenvalue weighted by Gasteiger charge is 2.10. The summed E-state index contributed by atoms with van der Waals surface area (Å²) in [4.78, 5) is 16.0. The Hall–Kier alpha value is -2.20. The van der Waals surface area contributed by atoms with Gasteiger partial charge in [0.15, 0.2) is 4.77 Å². The molecule has 0 bridgehead atoms. The number of hydrogen-bond donors (Lipinski definition) is 1. The molecule has 0 saturated carbocycles. The highest BCUT2D eigenvalue weighted by atomic mass is 32.1. The minimum atomic E-state index is -0.0776. The smallest absolute Gasteiger partial charge is 0.266 e. The first-order chi connectivity index (χ1) is 9.97. The lowest BCUT2D eigenvalue weighted by atomic mass is 10.1. The maximum atomic E-state index is 12.8. The van der Waals surface area contributed by atoms with Gasteiger partial charge in [0.05, 0.1) is 16.6 Å². The van der Waals surface area contributed by atoms with Crippen LogP contribution in [-0.4, -0.2) is 9.55 Å². The zero-order chi connectivity index (χ0) is 15.1. The molecule has 1 heterocycles. The summed E-state index contributed by atoms with van der Waals surface area (Å²) in [6.07, 6.45) is 0. The van der Waals surface area contributed by atoms with Gasteiger partial charge >= 0.3 is 0 Å². The first kappa shape index (κ1) is 13.8. The minimum absolute atomic E-state index is 0.0776. The van der Waals surface area contributed by atoms with E-state index in [2.05, 4.69) is 4.98 Å². The molecule has 0 fully saturated rings. The molecule has 0 aliphatic heterocycles. The molecule has 0 spiro atoms. The van der Waals surface area contributed by atoms with Crippen LogP contribution in [0, 0.1) is 25.5 Å². The molecule has 106 valence electrons. The summed E-state index contributed by atoms with van der Waals surface area (Å²) in [6.45, 7) is 5.96. The molecular formula is C17H16N2OS. The third kappa shape index (κ3) is 2.32. The Labute approximate surface area is 127 Å². The van der Waals surface area contributed by atoms with E-state index in [4.69, 9.17) is 12.2 Å². The van der Waals surface area contributed by atoms with Gasteiger partial charge in [0.1, 0.15) is 0 Å². The van der Waals surface area contributed by atoms with Crippen LogP contribution in [0.4, 0.5) is 0 Å². The normalized spacial score (nSPS) is 11.0. The average molecular weight is 296 g/mol. The summed E-state index contributed by atoms with van der Waals surface area (Å²) in [5, 5.41) is 0.657. The molecule has 0 aliphatic rings. The second-order valence-electron chi connectivity index (χ2n) is 5.41. The van der Waals surface area contributed by atoms with E-state index in [1.165, 1.54) is 0 Å². The lowest BCUT2D eigenvalue weighted by molar-refractivity contribution is 0.928. The zero-order valence-corrected chi connectivity index (χ0v) is 13.0. The Balaban J connectivity index is 2.46. The SMILES string of the molecule is Cc1ccc(C)c(-n2c(=S)[nH]c3ccc(C)cc3c2=O)c1. The molecule has 0 saturated heterocycles. The Kier molecular flexibility index (Phi) is 3.26. The molecule has 2 aromatic carbocycles. The zero-order valence-electron chi connectivity index (χ0n) is 12.2. The van der Waals surface area contributed by atoms with Crippen molar-refractivity contribution in [1.29, 1.82) is 0 Å². The van der Waals surface area contributed by atoms with Crippen molar-refractivity contribution in [3.63, 3.8) is 0 Å². The predicted octanol–water partition coefficient (Wildman–Crippen LogP) is 3.97. The van der Waals surface area contributed by atoms with Crippen LogP contribution >= 0.6 is 12.2 Å². The topological polar surface area (TPSA) is 37.8 Å². The number of benzene rings is 2. The van der Waals surface area contributed by atoms with Gasteiger partial charge < -0.3 is 4.98 Å². The van der Waals surface area contributed by atoms with Crippen LogP contribution in [0.25, 0.3) is 16.6 Å². The van der Waals surface area contributed by atoms with Crippen molar-refractivity contribution in [2.45, 2.75) is 20.8 Å². The Morgan fingerprint density at radius 1 is 1.00 bits per heavy atom. The van der Waals surface area contributed by atoms with E-state index in [9.17, 15) is 4.79 Å². The summed E-state index contributed by atoms with van der Waals surface area (Å²) < 4.78 is 2.00. The molecule has 3 aromatic rings. The molecular weight excluding hydrogens is 280 g/mol. The summed E-state index contributed by atoms with van der Waals surface area (Å²) in [6, 6.07) is 11.8. The molecule has 3 nitrogen and oxygen atoms in total. The van der Waals surface area contributed by atoms with Crippen LogP contribution in [-0.2, 0) is 0 Å². The largest absolute Gasteiger partial charge is 0.331 e. The quantitative estimate of drug-likeness (QED) is 0.690. The van der Waals surface area contributed by atoms with Gasteiger partial charge in [-0.3, -0.25) is 9.36 Å². The molecule has 21 heavy (non-hydrogen) atoms. The number of nitrogens with zero attached hydrogens (tertiary/aromatic N) is 1. The van der Waals surface area contributed by atoms with E-state index in [1.54, 1.807) is 4.57 Å². The fraction of sp³-hybridized carbons (Fsp3) is 0.176. The third-order valence-corrected chi connectivity index (χ3v) is 3.94. The van der Waals surface area contributed by atoms with Gasteiger partial charge in [-0.05, 0) is 62.3 Å². The van der Waals surface area contributed by atoms with Crippen LogP contribution in [0.5, 0.6) is 0 Å². The number of fused-ring (bicyclic) bond motifs is 1. The standard InChI is InChI=1S/C17H16N2OS/c1-10-5-7-14-13(8-10)16(20)19(17(21)18-14)15-9-11(2)4-6-12(15)3/h4-9H,1-3H3,(H,18,21). The summed E-state index contributed by atoms with van der Waals surface area (Å²) >= 11 is 5.39. The van der Waals surface area contributed by atoms with Crippen LogP contribution in [0.2, 0.25) is 0 Å². The maximum Gasteiger partial charge on any atom is 0.266 e. The van der Waals surface area contributed by atoms with E-state index in [0.29, 0.717) is 10.2 Å². The van der Waals surface area contributed by atoms with Crippen molar-refractivity contribution >= 4 is 23.1 Å². The van der Waals surface area contributed by atoms with E-state index in [0.717, 1.165) is 27.9 Å².